The SMILES string of the molecule is C[C@@H]1COCCN1S(=O)(=O)c1ncccc1F. The van der Waals surface area contributed by atoms with Gasteiger partial charge in [-0.3, -0.25) is 0 Å². The minimum Gasteiger partial charge on any atom is -0.378 e. The first kappa shape index (κ1) is 12.4. The molecule has 0 aliphatic carbocycles. The maximum absolute atomic E-state index is 13.5. The maximum Gasteiger partial charge on any atom is 0.263 e. The van der Waals surface area contributed by atoms with E-state index in [-0.39, 0.29) is 12.6 Å². The van der Waals surface area contributed by atoms with Crippen LogP contribution in [0.25, 0.3) is 0 Å². The molecule has 0 aromatic carbocycles. The summed E-state index contributed by atoms with van der Waals surface area (Å²) in [6.45, 7) is 2.57. The van der Waals surface area contributed by atoms with E-state index in [1.54, 1.807) is 6.92 Å². The molecule has 1 aromatic heterocycles. The van der Waals surface area contributed by atoms with Crippen LogP contribution < -0.4 is 0 Å². The number of nitrogens with zero attached hydrogens (tertiary/aromatic N) is 2. The van der Waals surface area contributed by atoms with Crippen LogP contribution in [0, 0.1) is 5.82 Å². The van der Waals surface area contributed by atoms with Crippen LogP contribution in [0.1, 0.15) is 6.92 Å². The van der Waals surface area contributed by atoms with E-state index in [9.17, 15) is 12.8 Å². The number of aromatic nitrogens is 1. The molecule has 1 saturated heterocycles. The van der Waals surface area contributed by atoms with Gasteiger partial charge in [0.05, 0.1) is 13.2 Å². The Morgan fingerprint density at radius 2 is 2.35 bits per heavy atom. The third-order valence-corrected chi connectivity index (χ3v) is 4.53. The van der Waals surface area contributed by atoms with E-state index in [0.717, 1.165) is 6.07 Å². The number of morpholine rings is 1. The molecule has 1 fully saturated rings. The molecule has 0 bridgehead atoms. The number of rotatable bonds is 2. The number of hydrogen-bond acceptors (Lipinski definition) is 4. The lowest BCUT2D eigenvalue weighted by Gasteiger charge is -2.31. The second-order valence-corrected chi connectivity index (χ2v) is 5.64. The lowest BCUT2D eigenvalue weighted by molar-refractivity contribution is 0.0390. The molecule has 7 heteroatoms. The van der Waals surface area contributed by atoms with E-state index in [1.807, 2.05) is 0 Å². The van der Waals surface area contributed by atoms with E-state index in [2.05, 4.69) is 4.98 Å². The van der Waals surface area contributed by atoms with Gasteiger partial charge in [-0.05, 0) is 19.1 Å². The molecule has 17 heavy (non-hydrogen) atoms. The predicted molar refractivity (Wildman–Crippen MR) is 58.4 cm³/mol. The maximum atomic E-state index is 13.5. The number of hydrogen-bond donors (Lipinski definition) is 0. The van der Waals surface area contributed by atoms with Gasteiger partial charge in [-0.1, -0.05) is 0 Å². The molecule has 0 N–H and O–H groups in total. The number of ether oxygens (including phenoxy) is 1. The van der Waals surface area contributed by atoms with E-state index in [0.29, 0.717) is 13.2 Å². The molecular formula is C10H13FN2O3S. The van der Waals surface area contributed by atoms with Crippen molar-refractivity contribution in [2.75, 3.05) is 19.8 Å². The monoisotopic (exact) mass is 260 g/mol. The van der Waals surface area contributed by atoms with Crippen molar-refractivity contribution in [3.8, 4) is 0 Å². The van der Waals surface area contributed by atoms with Gasteiger partial charge in [-0.25, -0.2) is 17.8 Å². The Morgan fingerprint density at radius 1 is 1.59 bits per heavy atom. The summed E-state index contributed by atoms with van der Waals surface area (Å²) >= 11 is 0. The quantitative estimate of drug-likeness (QED) is 0.782. The van der Waals surface area contributed by atoms with E-state index in [4.69, 9.17) is 4.74 Å². The van der Waals surface area contributed by atoms with Crippen LogP contribution >= 0.6 is 0 Å². The summed E-state index contributed by atoms with van der Waals surface area (Å²) in [6.07, 6.45) is 1.26. The van der Waals surface area contributed by atoms with Crippen LogP contribution in [0.3, 0.4) is 0 Å². The molecule has 1 aliphatic rings. The number of sulfonamides is 1. The fraction of sp³-hybridized carbons (Fsp3) is 0.500. The standard InChI is InChI=1S/C10H13FN2O3S/c1-8-7-16-6-5-13(8)17(14,15)10-9(11)3-2-4-12-10/h2-4,8H,5-7H2,1H3/t8-/m1/s1. The lowest BCUT2D eigenvalue weighted by Crippen LogP contribution is -2.47. The van der Waals surface area contributed by atoms with Crippen molar-refractivity contribution >= 4 is 10.0 Å². The van der Waals surface area contributed by atoms with Crippen LogP contribution in [0.2, 0.25) is 0 Å². The summed E-state index contributed by atoms with van der Waals surface area (Å²) in [5.74, 6) is -0.828. The first-order chi connectivity index (χ1) is 8.03. The van der Waals surface area contributed by atoms with E-state index >= 15 is 0 Å². The largest absolute Gasteiger partial charge is 0.378 e. The highest BCUT2D eigenvalue weighted by Crippen LogP contribution is 2.20. The Labute approximate surface area is 99.3 Å². The fourth-order valence-corrected chi connectivity index (χ4v) is 3.32. The topological polar surface area (TPSA) is 59.5 Å². The van der Waals surface area contributed by atoms with Gasteiger partial charge >= 0.3 is 0 Å². The van der Waals surface area contributed by atoms with Crippen LogP contribution in [-0.4, -0.2) is 43.5 Å². The zero-order chi connectivity index (χ0) is 12.5. The van der Waals surface area contributed by atoms with Gasteiger partial charge < -0.3 is 4.74 Å². The summed E-state index contributed by atoms with van der Waals surface area (Å²) in [7, 11) is -3.87. The van der Waals surface area contributed by atoms with Gasteiger partial charge in [0.2, 0.25) is 5.03 Å². The highest BCUT2D eigenvalue weighted by molar-refractivity contribution is 7.89. The molecule has 5 nitrogen and oxygen atoms in total. The predicted octanol–water partition coefficient (Wildman–Crippen LogP) is 0.630. The van der Waals surface area contributed by atoms with Crippen molar-refractivity contribution in [1.29, 1.82) is 0 Å². The molecule has 0 saturated carbocycles. The Hall–Kier alpha value is -1.05. The van der Waals surface area contributed by atoms with Gasteiger partial charge in [-0.15, -0.1) is 0 Å². The number of halogens is 1. The van der Waals surface area contributed by atoms with Crippen molar-refractivity contribution in [3.63, 3.8) is 0 Å². The van der Waals surface area contributed by atoms with Gasteiger partial charge in [0, 0.05) is 18.8 Å². The van der Waals surface area contributed by atoms with E-state index < -0.39 is 20.9 Å². The van der Waals surface area contributed by atoms with Gasteiger partial charge in [-0.2, -0.15) is 4.31 Å². The van der Waals surface area contributed by atoms with Gasteiger partial charge in [0.25, 0.3) is 10.0 Å². The molecule has 1 aromatic rings. The van der Waals surface area contributed by atoms with Crippen molar-refractivity contribution in [2.45, 2.75) is 18.0 Å². The molecule has 2 rings (SSSR count). The average Bonchev–Trinajstić information content (AvgIpc) is 2.29. The lowest BCUT2D eigenvalue weighted by atomic mass is 10.3. The molecule has 1 aliphatic heterocycles. The summed E-state index contributed by atoms with van der Waals surface area (Å²) in [5, 5.41) is -0.520. The summed E-state index contributed by atoms with van der Waals surface area (Å²) in [5.41, 5.74) is 0. The third-order valence-electron chi connectivity index (χ3n) is 2.58. The molecule has 0 radical (unpaired) electrons. The second kappa shape index (κ2) is 4.67. The fourth-order valence-electron chi connectivity index (χ4n) is 1.74. The average molecular weight is 260 g/mol. The van der Waals surface area contributed by atoms with Crippen molar-refractivity contribution in [2.24, 2.45) is 0 Å². The minimum absolute atomic E-state index is 0.222. The van der Waals surface area contributed by atoms with Crippen LogP contribution in [0.15, 0.2) is 23.4 Å². The first-order valence-corrected chi connectivity index (χ1v) is 6.67. The second-order valence-electron chi connectivity index (χ2n) is 3.83. The van der Waals surface area contributed by atoms with E-state index in [1.165, 1.54) is 16.6 Å². The van der Waals surface area contributed by atoms with Gasteiger partial charge in [0.15, 0.2) is 5.82 Å². The molecule has 0 amide bonds. The van der Waals surface area contributed by atoms with Gasteiger partial charge in [0.1, 0.15) is 0 Å². The molecule has 0 unspecified atom stereocenters. The third kappa shape index (κ3) is 2.31. The van der Waals surface area contributed by atoms with Crippen LogP contribution in [0.4, 0.5) is 4.39 Å². The molecular weight excluding hydrogens is 247 g/mol. The highest BCUT2D eigenvalue weighted by Gasteiger charge is 2.34. The highest BCUT2D eigenvalue weighted by atomic mass is 32.2. The summed E-state index contributed by atoms with van der Waals surface area (Å²) < 4.78 is 44.2. The molecule has 1 atom stereocenters. The normalized spacial score (nSPS) is 22.6. The smallest absolute Gasteiger partial charge is 0.263 e. The van der Waals surface area contributed by atoms with Crippen LogP contribution in [0.5, 0.6) is 0 Å². The van der Waals surface area contributed by atoms with Crippen molar-refractivity contribution < 1.29 is 17.5 Å². The Balaban J connectivity index is 2.39. The molecule has 2 heterocycles. The Morgan fingerprint density at radius 3 is 3.00 bits per heavy atom. The first-order valence-electron chi connectivity index (χ1n) is 5.23. The molecule has 0 spiro atoms. The Bertz CT molecular complexity index is 506. The zero-order valence-electron chi connectivity index (χ0n) is 9.34. The van der Waals surface area contributed by atoms with Crippen molar-refractivity contribution in [3.05, 3.63) is 24.1 Å². The van der Waals surface area contributed by atoms with Crippen molar-refractivity contribution in [1.82, 2.24) is 9.29 Å². The molecule has 94 valence electrons. The summed E-state index contributed by atoms with van der Waals surface area (Å²) in [6, 6.07) is 2.14. The summed E-state index contributed by atoms with van der Waals surface area (Å²) in [4.78, 5) is 3.61. The number of pyridine rings is 1. The minimum atomic E-state index is -3.87. The van der Waals surface area contributed by atoms with Crippen LogP contribution in [-0.2, 0) is 14.8 Å². The Kier molecular flexibility index (Phi) is 3.41. The zero-order valence-corrected chi connectivity index (χ0v) is 10.2.